The number of ether oxygens (including phenoxy) is 3. The zero-order valence-corrected chi connectivity index (χ0v) is 46.2. The molecular formula is C65H108O6. The maximum Gasteiger partial charge on any atom is 0.309 e. The quantitative estimate of drug-likeness (QED) is 0.0261. The van der Waals surface area contributed by atoms with Crippen LogP contribution in [0.4, 0.5) is 0 Å². The predicted molar refractivity (Wildman–Crippen MR) is 307 cm³/mol. The second kappa shape index (κ2) is 58.6. The molecule has 0 amide bonds. The fourth-order valence-electron chi connectivity index (χ4n) is 7.98. The molecule has 0 aromatic heterocycles. The van der Waals surface area contributed by atoms with Crippen LogP contribution >= 0.6 is 0 Å². The Bertz CT molecular complexity index is 1460. The molecule has 6 heteroatoms. The minimum atomic E-state index is -0.825. The van der Waals surface area contributed by atoms with Crippen LogP contribution in [0.25, 0.3) is 0 Å². The van der Waals surface area contributed by atoms with Crippen LogP contribution < -0.4 is 0 Å². The number of carbonyl (C=O) groups is 3. The van der Waals surface area contributed by atoms with Crippen molar-refractivity contribution in [3.05, 3.63) is 109 Å². The van der Waals surface area contributed by atoms with Gasteiger partial charge in [-0.1, -0.05) is 271 Å². The normalized spacial score (nSPS) is 12.9. The van der Waals surface area contributed by atoms with Gasteiger partial charge in [-0.25, -0.2) is 0 Å². The van der Waals surface area contributed by atoms with Crippen LogP contribution in [0.15, 0.2) is 109 Å². The van der Waals surface area contributed by atoms with E-state index in [0.717, 1.165) is 109 Å². The Morgan fingerprint density at radius 1 is 0.310 bits per heavy atom. The van der Waals surface area contributed by atoms with Gasteiger partial charge in [-0.3, -0.25) is 14.4 Å². The van der Waals surface area contributed by atoms with E-state index in [-0.39, 0.29) is 31.6 Å². The molecule has 0 saturated carbocycles. The van der Waals surface area contributed by atoms with Crippen molar-refractivity contribution < 1.29 is 28.6 Å². The minimum Gasteiger partial charge on any atom is -0.462 e. The first-order valence-electron chi connectivity index (χ1n) is 29.4. The molecule has 0 aliphatic rings. The first-order valence-corrected chi connectivity index (χ1v) is 29.4. The van der Waals surface area contributed by atoms with Crippen molar-refractivity contribution in [3.63, 3.8) is 0 Å². The van der Waals surface area contributed by atoms with Crippen LogP contribution in [0, 0.1) is 0 Å². The van der Waals surface area contributed by atoms with E-state index in [9.17, 15) is 14.4 Å². The number of carbonyl (C=O) groups excluding carboxylic acids is 3. The third-order valence-electron chi connectivity index (χ3n) is 12.3. The summed E-state index contributed by atoms with van der Waals surface area (Å²) in [5, 5.41) is 0. The number of hydrogen-bond acceptors (Lipinski definition) is 6. The van der Waals surface area contributed by atoms with Crippen molar-refractivity contribution in [2.45, 2.75) is 271 Å². The number of rotatable bonds is 52. The van der Waals surface area contributed by atoms with Gasteiger partial charge < -0.3 is 14.2 Å². The summed E-state index contributed by atoms with van der Waals surface area (Å²) < 4.78 is 16.8. The Morgan fingerprint density at radius 3 is 0.986 bits per heavy atom. The molecule has 0 spiro atoms. The van der Waals surface area contributed by atoms with Crippen LogP contribution in [0.1, 0.15) is 265 Å². The maximum atomic E-state index is 12.9. The van der Waals surface area contributed by atoms with Gasteiger partial charge in [-0.05, 0) is 83.5 Å². The van der Waals surface area contributed by atoms with Crippen LogP contribution in [0.5, 0.6) is 0 Å². The van der Waals surface area contributed by atoms with E-state index in [0.29, 0.717) is 12.8 Å². The molecule has 6 nitrogen and oxygen atoms in total. The molecule has 0 aliphatic heterocycles. The molecule has 0 rings (SSSR count). The fourth-order valence-corrected chi connectivity index (χ4v) is 7.98. The van der Waals surface area contributed by atoms with Gasteiger partial charge in [0.1, 0.15) is 13.2 Å². The van der Waals surface area contributed by atoms with Gasteiger partial charge in [0, 0.05) is 12.8 Å². The number of hydrogen-bond donors (Lipinski definition) is 0. The summed E-state index contributed by atoms with van der Waals surface area (Å²) in [6.07, 6.45) is 79.6. The summed E-state index contributed by atoms with van der Waals surface area (Å²) >= 11 is 0. The molecule has 1 atom stereocenters. The van der Waals surface area contributed by atoms with Crippen LogP contribution in [0.2, 0.25) is 0 Å². The van der Waals surface area contributed by atoms with E-state index >= 15 is 0 Å². The molecule has 0 bridgehead atoms. The van der Waals surface area contributed by atoms with E-state index in [1.165, 1.54) is 116 Å². The molecule has 0 aromatic carbocycles. The molecule has 1 unspecified atom stereocenters. The van der Waals surface area contributed by atoms with Crippen molar-refractivity contribution >= 4 is 17.9 Å². The average Bonchev–Trinajstić information content (AvgIpc) is 3.37. The summed E-state index contributed by atoms with van der Waals surface area (Å²) in [4.78, 5) is 38.1. The summed E-state index contributed by atoms with van der Waals surface area (Å²) in [7, 11) is 0. The highest BCUT2D eigenvalue weighted by Crippen LogP contribution is 2.16. The molecule has 0 fully saturated rings. The lowest BCUT2D eigenvalue weighted by molar-refractivity contribution is -0.166. The van der Waals surface area contributed by atoms with Crippen LogP contribution in [-0.4, -0.2) is 37.2 Å². The second-order valence-electron chi connectivity index (χ2n) is 19.2. The van der Waals surface area contributed by atoms with E-state index in [1.807, 2.05) is 6.08 Å². The lowest BCUT2D eigenvalue weighted by atomic mass is 10.0. The Morgan fingerprint density at radius 2 is 0.606 bits per heavy atom. The van der Waals surface area contributed by atoms with Gasteiger partial charge in [0.2, 0.25) is 0 Å². The summed E-state index contributed by atoms with van der Waals surface area (Å²) in [6.45, 7) is 6.33. The van der Waals surface area contributed by atoms with E-state index in [4.69, 9.17) is 14.2 Å². The van der Waals surface area contributed by atoms with E-state index in [2.05, 4.69) is 118 Å². The first-order chi connectivity index (χ1) is 35.0. The zero-order chi connectivity index (χ0) is 51.4. The van der Waals surface area contributed by atoms with Gasteiger partial charge in [0.15, 0.2) is 6.10 Å². The molecule has 0 aliphatic carbocycles. The van der Waals surface area contributed by atoms with Crippen molar-refractivity contribution in [3.8, 4) is 0 Å². The number of esters is 3. The topological polar surface area (TPSA) is 78.9 Å². The third kappa shape index (κ3) is 56.9. The smallest absolute Gasteiger partial charge is 0.309 e. The van der Waals surface area contributed by atoms with Gasteiger partial charge in [-0.15, -0.1) is 0 Å². The average molecular weight is 986 g/mol. The van der Waals surface area contributed by atoms with Crippen molar-refractivity contribution in [2.75, 3.05) is 13.2 Å². The van der Waals surface area contributed by atoms with Crippen molar-refractivity contribution in [1.82, 2.24) is 0 Å². The lowest BCUT2D eigenvalue weighted by Gasteiger charge is -2.18. The van der Waals surface area contributed by atoms with Gasteiger partial charge in [0.05, 0.1) is 6.42 Å². The molecule has 0 radical (unpaired) electrons. The van der Waals surface area contributed by atoms with Crippen LogP contribution in [-0.2, 0) is 28.6 Å². The first kappa shape index (κ1) is 67.1. The Balaban J connectivity index is 4.48. The number of allylic oxidation sites excluding steroid dienone is 17. The van der Waals surface area contributed by atoms with Gasteiger partial charge in [-0.2, -0.15) is 0 Å². The van der Waals surface area contributed by atoms with Gasteiger partial charge >= 0.3 is 17.9 Å². The molecular weight excluding hydrogens is 877 g/mol. The summed E-state index contributed by atoms with van der Waals surface area (Å²) in [6, 6.07) is 0. The highest BCUT2D eigenvalue weighted by atomic mass is 16.6. The molecule has 0 N–H and O–H groups in total. The molecule has 0 heterocycles. The molecule has 71 heavy (non-hydrogen) atoms. The third-order valence-corrected chi connectivity index (χ3v) is 12.3. The highest BCUT2D eigenvalue weighted by molar-refractivity contribution is 5.72. The second-order valence-corrected chi connectivity index (χ2v) is 19.2. The zero-order valence-electron chi connectivity index (χ0n) is 46.2. The maximum absolute atomic E-state index is 12.9. The molecule has 404 valence electrons. The Kier molecular flexibility index (Phi) is 55.4. The molecule has 0 saturated heterocycles. The van der Waals surface area contributed by atoms with Gasteiger partial charge in [0.25, 0.3) is 0 Å². The van der Waals surface area contributed by atoms with E-state index in [1.54, 1.807) is 6.08 Å². The lowest BCUT2D eigenvalue weighted by Crippen LogP contribution is -2.30. The fraction of sp³-hybridized carbons (Fsp3) is 0.677. The SMILES string of the molecule is CC/C=C\C/C=C\C/C=C\C/C=C\C/C=C\CC(=O)OCC(COC(=O)CCCCCCCC/C=C\C/C=C\C/C=C\C/C=C\CC)OC(=O)CCCCCCCCCCCCCCCCCCCCC. The number of unbranched alkanes of at least 4 members (excludes halogenated alkanes) is 24. The summed E-state index contributed by atoms with van der Waals surface area (Å²) in [5.41, 5.74) is 0. The Labute approximate surface area is 438 Å². The monoisotopic (exact) mass is 985 g/mol. The molecule has 0 aromatic rings. The standard InChI is InChI=1S/C65H108O6/c1-4-7-10-13-16-19-22-25-28-30-32-34-37-40-43-46-49-52-55-58-64(67)70-61-62(60-69-63(66)57-54-51-48-45-42-39-36-27-24-21-18-15-12-9-6-3)71-65(68)59-56-53-50-47-44-41-38-35-33-31-29-26-23-20-17-14-11-8-5-2/h7,9-10,12,16,18-19,21,25,27-28,32,34,36,42,45,51,54,62H,4-6,8,11,13-15,17,20,22-24,26,29-31,33,35,37-41,43-44,46-50,52-53,55-61H2,1-3H3/b10-7-,12-9-,19-16-,21-18-,28-25-,34-32-,36-27-,45-42-,54-51-. The Hall–Kier alpha value is -3.93. The highest BCUT2D eigenvalue weighted by Gasteiger charge is 2.19. The van der Waals surface area contributed by atoms with Crippen LogP contribution in [0.3, 0.4) is 0 Å². The largest absolute Gasteiger partial charge is 0.462 e. The predicted octanol–water partition coefficient (Wildman–Crippen LogP) is 19.9. The van der Waals surface area contributed by atoms with E-state index < -0.39 is 12.1 Å². The summed E-state index contributed by atoms with van der Waals surface area (Å²) in [5.74, 6) is -1.06. The van der Waals surface area contributed by atoms with Crippen molar-refractivity contribution in [2.24, 2.45) is 0 Å². The van der Waals surface area contributed by atoms with Crippen molar-refractivity contribution in [1.29, 1.82) is 0 Å². The minimum absolute atomic E-state index is 0.115.